The first-order chi connectivity index (χ1) is 12.1. The number of alkyl halides is 3. The fourth-order valence-corrected chi connectivity index (χ4v) is 3.64. The molecule has 1 aliphatic rings. The highest BCUT2D eigenvalue weighted by Gasteiger charge is 2.32. The van der Waals surface area contributed by atoms with Crippen molar-refractivity contribution in [2.45, 2.75) is 42.8 Å². The van der Waals surface area contributed by atoms with Crippen LogP contribution >= 0.6 is 0 Å². The Morgan fingerprint density at radius 2 is 2.00 bits per heavy atom. The molecule has 10 heteroatoms. The van der Waals surface area contributed by atoms with Crippen LogP contribution in [0, 0.1) is 5.92 Å². The number of halogens is 3. The minimum Gasteiger partial charge on any atom is -0.352 e. The average molecular weight is 393 g/mol. The first-order valence-corrected chi connectivity index (χ1v) is 9.78. The van der Waals surface area contributed by atoms with E-state index in [4.69, 9.17) is 5.73 Å². The van der Waals surface area contributed by atoms with Gasteiger partial charge in [0, 0.05) is 25.6 Å². The Balaban J connectivity index is 1.82. The predicted molar refractivity (Wildman–Crippen MR) is 89.6 cm³/mol. The van der Waals surface area contributed by atoms with Gasteiger partial charge in [-0.25, -0.2) is 13.1 Å². The van der Waals surface area contributed by atoms with Gasteiger partial charge in [-0.3, -0.25) is 4.79 Å². The van der Waals surface area contributed by atoms with Crippen LogP contribution in [0.1, 0.15) is 31.2 Å². The van der Waals surface area contributed by atoms with Gasteiger partial charge in [0.25, 0.3) is 0 Å². The van der Waals surface area contributed by atoms with E-state index >= 15 is 0 Å². The Kier molecular flexibility index (Phi) is 6.64. The van der Waals surface area contributed by atoms with Crippen molar-refractivity contribution in [3.05, 3.63) is 29.8 Å². The van der Waals surface area contributed by atoms with Gasteiger partial charge in [-0.15, -0.1) is 0 Å². The zero-order valence-corrected chi connectivity index (χ0v) is 14.9. The molecular weight excluding hydrogens is 371 g/mol. The summed E-state index contributed by atoms with van der Waals surface area (Å²) in [6.07, 6.45) is -2.21. The summed E-state index contributed by atoms with van der Waals surface area (Å²) in [5.41, 5.74) is 4.56. The molecule has 0 radical (unpaired) electrons. The summed E-state index contributed by atoms with van der Waals surface area (Å²) in [7, 11) is -4.07. The van der Waals surface area contributed by atoms with Crippen molar-refractivity contribution < 1.29 is 26.4 Å². The molecule has 0 aliphatic heterocycles. The number of sulfonamides is 1. The molecule has 1 fully saturated rings. The summed E-state index contributed by atoms with van der Waals surface area (Å²) in [6.45, 7) is 0.307. The van der Waals surface area contributed by atoms with Gasteiger partial charge < -0.3 is 11.1 Å². The van der Waals surface area contributed by atoms with E-state index in [2.05, 4.69) is 10.0 Å². The number of amides is 1. The minimum atomic E-state index is -4.62. The van der Waals surface area contributed by atoms with Crippen molar-refractivity contribution >= 4 is 15.9 Å². The average Bonchev–Trinajstić information content (AvgIpc) is 3.41. The van der Waals surface area contributed by atoms with E-state index in [0.717, 1.165) is 31.0 Å². The second-order valence-corrected chi connectivity index (χ2v) is 8.04. The molecule has 1 aromatic carbocycles. The molecule has 0 aromatic heterocycles. The Morgan fingerprint density at radius 1 is 1.31 bits per heavy atom. The number of nitrogens with two attached hydrogens (primary N) is 1. The van der Waals surface area contributed by atoms with Gasteiger partial charge >= 0.3 is 6.18 Å². The van der Waals surface area contributed by atoms with E-state index in [1.54, 1.807) is 0 Å². The SMILES string of the molecule is NCC(NC(=O)CCCNS(=O)(=O)c1cccc(C(F)(F)F)c1)C1CC1. The number of nitrogens with one attached hydrogen (secondary N) is 2. The Bertz CT molecular complexity index is 734. The van der Waals surface area contributed by atoms with Crippen LogP contribution in [0.4, 0.5) is 13.2 Å². The van der Waals surface area contributed by atoms with Crippen molar-refractivity contribution in [3.63, 3.8) is 0 Å². The van der Waals surface area contributed by atoms with Gasteiger partial charge in [0.05, 0.1) is 10.5 Å². The second-order valence-electron chi connectivity index (χ2n) is 6.27. The monoisotopic (exact) mass is 393 g/mol. The van der Waals surface area contributed by atoms with E-state index in [1.807, 2.05) is 0 Å². The topological polar surface area (TPSA) is 101 Å². The van der Waals surface area contributed by atoms with E-state index in [1.165, 1.54) is 0 Å². The molecule has 4 N–H and O–H groups in total. The van der Waals surface area contributed by atoms with Crippen molar-refractivity contribution in [2.75, 3.05) is 13.1 Å². The van der Waals surface area contributed by atoms with Gasteiger partial charge in [-0.05, 0) is 43.4 Å². The molecule has 2 rings (SSSR count). The maximum absolute atomic E-state index is 12.7. The van der Waals surface area contributed by atoms with E-state index < -0.39 is 26.7 Å². The molecule has 0 saturated heterocycles. The van der Waals surface area contributed by atoms with Crippen molar-refractivity contribution in [2.24, 2.45) is 11.7 Å². The summed E-state index contributed by atoms with van der Waals surface area (Å²) in [4.78, 5) is 11.4. The van der Waals surface area contributed by atoms with Gasteiger partial charge in [-0.2, -0.15) is 13.2 Å². The number of benzene rings is 1. The van der Waals surface area contributed by atoms with Crippen LogP contribution in [0.2, 0.25) is 0 Å². The van der Waals surface area contributed by atoms with Crippen LogP contribution in [-0.2, 0) is 21.0 Å². The fourth-order valence-electron chi connectivity index (χ4n) is 2.53. The largest absolute Gasteiger partial charge is 0.416 e. The Labute approximate surface area is 150 Å². The quantitative estimate of drug-likeness (QED) is 0.555. The Morgan fingerprint density at radius 3 is 2.58 bits per heavy atom. The van der Waals surface area contributed by atoms with Gasteiger partial charge in [0.15, 0.2) is 0 Å². The highest BCUT2D eigenvalue weighted by atomic mass is 32.2. The van der Waals surface area contributed by atoms with Crippen molar-refractivity contribution in [1.29, 1.82) is 0 Å². The highest BCUT2D eigenvalue weighted by molar-refractivity contribution is 7.89. The predicted octanol–water partition coefficient (Wildman–Crippen LogP) is 1.62. The van der Waals surface area contributed by atoms with Crippen LogP contribution in [0.15, 0.2) is 29.2 Å². The van der Waals surface area contributed by atoms with Gasteiger partial charge in [0.2, 0.25) is 15.9 Å². The van der Waals surface area contributed by atoms with Gasteiger partial charge in [0.1, 0.15) is 0 Å². The first-order valence-electron chi connectivity index (χ1n) is 8.30. The molecular formula is C16H22F3N3O3S. The molecule has 1 atom stereocenters. The summed E-state index contributed by atoms with van der Waals surface area (Å²) >= 11 is 0. The summed E-state index contributed by atoms with van der Waals surface area (Å²) < 4.78 is 64.4. The molecule has 1 amide bonds. The zero-order valence-electron chi connectivity index (χ0n) is 14.1. The first kappa shape index (κ1) is 20.7. The minimum absolute atomic E-state index is 0.0516. The molecule has 1 saturated carbocycles. The normalized spacial score (nSPS) is 16.3. The number of rotatable bonds is 9. The van der Waals surface area contributed by atoms with E-state index in [0.29, 0.717) is 18.5 Å². The summed E-state index contributed by atoms with van der Waals surface area (Å²) in [6, 6.07) is 3.46. The van der Waals surface area contributed by atoms with Crippen LogP contribution in [-0.4, -0.2) is 33.5 Å². The number of hydrogen-bond acceptors (Lipinski definition) is 4. The van der Waals surface area contributed by atoms with E-state index in [9.17, 15) is 26.4 Å². The van der Waals surface area contributed by atoms with Crippen molar-refractivity contribution in [3.8, 4) is 0 Å². The number of hydrogen-bond donors (Lipinski definition) is 3. The van der Waals surface area contributed by atoms with Crippen LogP contribution < -0.4 is 15.8 Å². The maximum Gasteiger partial charge on any atom is 0.416 e. The molecule has 1 aromatic rings. The molecule has 1 unspecified atom stereocenters. The third-order valence-electron chi connectivity index (χ3n) is 4.14. The second kappa shape index (κ2) is 8.36. The molecule has 0 spiro atoms. The third kappa shape index (κ3) is 5.96. The van der Waals surface area contributed by atoms with Crippen LogP contribution in [0.3, 0.4) is 0 Å². The molecule has 1 aliphatic carbocycles. The van der Waals surface area contributed by atoms with Crippen LogP contribution in [0.25, 0.3) is 0 Å². The number of carbonyl (C=O) groups excluding carboxylic acids is 1. The maximum atomic E-state index is 12.7. The van der Waals surface area contributed by atoms with E-state index in [-0.39, 0.29) is 31.3 Å². The smallest absolute Gasteiger partial charge is 0.352 e. The lowest BCUT2D eigenvalue weighted by Crippen LogP contribution is -2.41. The summed E-state index contributed by atoms with van der Waals surface area (Å²) in [5.74, 6) is 0.203. The van der Waals surface area contributed by atoms with Crippen molar-refractivity contribution in [1.82, 2.24) is 10.0 Å². The molecule has 146 valence electrons. The fraction of sp³-hybridized carbons (Fsp3) is 0.562. The lowest BCUT2D eigenvalue weighted by Gasteiger charge is -2.16. The molecule has 0 bridgehead atoms. The molecule has 26 heavy (non-hydrogen) atoms. The van der Waals surface area contributed by atoms with Gasteiger partial charge in [-0.1, -0.05) is 6.07 Å². The number of carbonyl (C=O) groups is 1. The lowest BCUT2D eigenvalue weighted by molar-refractivity contribution is -0.137. The molecule has 0 heterocycles. The standard InChI is InChI=1S/C16H22F3N3O3S/c17-16(18,19)12-3-1-4-13(9-12)26(24,25)21-8-2-5-15(23)22-14(10-20)11-6-7-11/h1,3-4,9,11,14,21H,2,5-8,10,20H2,(H,22,23). The Hall–Kier alpha value is -1.65. The summed E-state index contributed by atoms with van der Waals surface area (Å²) in [5, 5.41) is 2.82. The van der Waals surface area contributed by atoms with Crippen LogP contribution in [0.5, 0.6) is 0 Å². The highest BCUT2D eigenvalue weighted by Crippen LogP contribution is 2.32. The third-order valence-corrected chi connectivity index (χ3v) is 5.59. The zero-order chi connectivity index (χ0) is 19.4. The lowest BCUT2D eigenvalue weighted by atomic mass is 10.2. The molecule has 6 nitrogen and oxygen atoms in total.